The Morgan fingerprint density at radius 1 is 1.22 bits per heavy atom. The van der Waals surface area contributed by atoms with Crippen molar-refractivity contribution < 1.29 is 4.39 Å². The lowest BCUT2D eigenvalue weighted by Crippen LogP contribution is -1.97. The van der Waals surface area contributed by atoms with Gasteiger partial charge < -0.3 is 0 Å². The molecule has 0 bridgehead atoms. The lowest BCUT2D eigenvalue weighted by molar-refractivity contribution is 0.627. The number of aryl methyl sites for hydroxylation is 1. The Labute approximate surface area is 126 Å². The van der Waals surface area contributed by atoms with Crippen LogP contribution >= 0.6 is 43.5 Å². The van der Waals surface area contributed by atoms with Crippen molar-refractivity contribution in [2.24, 2.45) is 0 Å². The summed E-state index contributed by atoms with van der Waals surface area (Å²) in [5.74, 6) is 0.0697. The number of benzene rings is 1. The van der Waals surface area contributed by atoms with Crippen LogP contribution < -0.4 is 0 Å². The number of rotatable bonds is 2. The van der Waals surface area contributed by atoms with Gasteiger partial charge in [-0.3, -0.25) is 0 Å². The van der Waals surface area contributed by atoms with Crippen LogP contribution in [-0.4, -0.2) is 9.97 Å². The van der Waals surface area contributed by atoms with Gasteiger partial charge in [0, 0.05) is 10.0 Å². The molecule has 0 spiro atoms. The second-order valence-electron chi connectivity index (χ2n) is 3.61. The van der Waals surface area contributed by atoms with Crippen molar-refractivity contribution in [2.75, 3.05) is 0 Å². The molecule has 0 unspecified atom stereocenters. The quantitative estimate of drug-likeness (QED) is 0.668. The normalized spacial score (nSPS) is 10.7. The second-order valence-corrected chi connectivity index (χ2v) is 5.68. The third-order valence-corrected chi connectivity index (χ3v) is 4.13. The summed E-state index contributed by atoms with van der Waals surface area (Å²) in [6.07, 6.45) is 0.715. The van der Waals surface area contributed by atoms with E-state index in [9.17, 15) is 4.39 Å². The van der Waals surface area contributed by atoms with E-state index in [2.05, 4.69) is 41.8 Å². The highest BCUT2D eigenvalue weighted by Gasteiger charge is 2.12. The molecular weight excluding hydrogens is 386 g/mol. The second kappa shape index (κ2) is 5.63. The minimum Gasteiger partial charge on any atom is -0.232 e. The Kier molecular flexibility index (Phi) is 4.35. The first-order valence-corrected chi connectivity index (χ1v) is 7.16. The largest absolute Gasteiger partial charge is 0.232 e. The summed E-state index contributed by atoms with van der Waals surface area (Å²) in [7, 11) is 0. The summed E-state index contributed by atoms with van der Waals surface area (Å²) in [6.45, 7) is 1.97. The molecule has 0 amide bonds. The van der Waals surface area contributed by atoms with Gasteiger partial charge in [-0.2, -0.15) is 0 Å². The zero-order valence-electron chi connectivity index (χ0n) is 9.35. The molecule has 94 valence electrons. The monoisotopic (exact) mass is 392 g/mol. The van der Waals surface area contributed by atoms with Gasteiger partial charge in [-0.15, -0.1) is 0 Å². The van der Waals surface area contributed by atoms with Crippen LogP contribution in [0.3, 0.4) is 0 Å². The fourth-order valence-corrected chi connectivity index (χ4v) is 2.62. The average Bonchev–Trinajstić information content (AvgIpc) is 2.31. The molecule has 0 aliphatic rings. The first-order valence-electron chi connectivity index (χ1n) is 5.19. The zero-order valence-corrected chi connectivity index (χ0v) is 13.3. The predicted molar refractivity (Wildman–Crippen MR) is 77.2 cm³/mol. The maximum Gasteiger partial charge on any atom is 0.161 e. The van der Waals surface area contributed by atoms with Crippen LogP contribution in [-0.2, 0) is 6.42 Å². The number of nitrogens with zero attached hydrogens (tertiary/aromatic N) is 2. The van der Waals surface area contributed by atoms with Crippen LogP contribution in [0.25, 0.3) is 11.4 Å². The van der Waals surface area contributed by atoms with Crippen LogP contribution in [0.15, 0.2) is 27.1 Å². The van der Waals surface area contributed by atoms with Crippen LogP contribution in [0.4, 0.5) is 4.39 Å². The predicted octanol–water partition coefficient (Wildman–Crippen LogP) is 5.02. The highest BCUT2D eigenvalue weighted by molar-refractivity contribution is 9.10. The van der Waals surface area contributed by atoms with Crippen molar-refractivity contribution in [3.63, 3.8) is 0 Å². The third-order valence-electron chi connectivity index (χ3n) is 2.34. The van der Waals surface area contributed by atoms with E-state index in [4.69, 9.17) is 11.6 Å². The van der Waals surface area contributed by atoms with Gasteiger partial charge in [-0.25, -0.2) is 14.4 Å². The Morgan fingerprint density at radius 3 is 2.56 bits per heavy atom. The van der Waals surface area contributed by atoms with Crippen LogP contribution in [0.1, 0.15) is 12.6 Å². The van der Waals surface area contributed by atoms with E-state index in [0.29, 0.717) is 31.9 Å². The molecule has 0 N–H and O–H groups in total. The van der Waals surface area contributed by atoms with E-state index in [0.717, 1.165) is 5.69 Å². The van der Waals surface area contributed by atoms with Gasteiger partial charge in [0.2, 0.25) is 0 Å². The molecule has 0 radical (unpaired) electrons. The summed E-state index contributed by atoms with van der Waals surface area (Å²) in [5.41, 5.74) is 1.39. The van der Waals surface area contributed by atoms with Gasteiger partial charge in [0.15, 0.2) is 5.82 Å². The van der Waals surface area contributed by atoms with Crippen molar-refractivity contribution >= 4 is 43.5 Å². The van der Waals surface area contributed by atoms with Crippen LogP contribution in [0, 0.1) is 5.82 Å². The van der Waals surface area contributed by atoms with Crippen LogP contribution in [0.2, 0.25) is 5.15 Å². The molecule has 0 saturated carbocycles. The van der Waals surface area contributed by atoms with Gasteiger partial charge in [0.05, 0.1) is 10.2 Å². The maximum atomic E-state index is 13.3. The Balaban J connectivity index is 2.60. The Morgan fingerprint density at radius 2 is 1.94 bits per heavy atom. The molecule has 18 heavy (non-hydrogen) atoms. The molecule has 1 heterocycles. The standard InChI is InChI=1S/C12H8Br2ClFN2/c1-2-9-10(14)11(15)18-12(17-9)6-3-7(13)5-8(16)4-6/h3-5H,2H2,1H3. The molecule has 2 rings (SSSR count). The molecule has 6 heteroatoms. The summed E-state index contributed by atoms with van der Waals surface area (Å²) in [5, 5.41) is 0.331. The van der Waals surface area contributed by atoms with Crippen molar-refractivity contribution in [1.29, 1.82) is 0 Å². The minimum absolute atomic E-state index is 0.331. The molecule has 0 atom stereocenters. The molecular formula is C12H8Br2ClFN2. The van der Waals surface area contributed by atoms with Crippen molar-refractivity contribution in [3.8, 4) is 11.4 Å². The molecule has 0 fully saturated rings. The van der Waals surface area contributed by atoms with E-state index in [1.807, 2.05) is 6.92 Å². The van der Waals surface area contributed by atoms with Crippen molar-refractivity contribution in [2.45, 2.75) is 13.3 Å². The molecule has 2 aromatic rings. The van der Waals surface area contributed by atoms with Gasteiger partial charge in [-0.05, 0) is 40.5 Å². The fourth-order valence-electron chi connectivity index (χ4n) is 1.51. The molecule has 0 saturated heterocycles. The summed E-state index contributed by atoms with van der Waals surface area (Å²) in [6, 6.07) is 4.51. The average molecular weight is 394 g/mol. The van der Waals surface area contributed by atoms with Crippen LogP contribution in [0.5, 0.6) is 0 Å². The van der Waals surface area contributed by atoms with Gasteiger partial charge in [0.25, 0.3) is 0 Å². The minimum atomic E-state index is -0.347. The van der Waals surface area contributed by atoms with Gasteiger partial charge >= 0.3 is 0 Å². The van der Waals surface area contributed by atoms with E-state index in [1.165, 1.54) is 12.1 Å². The molecule has 0 aliphatic carbocycles. The first kappa shape index (κ1) is 13.9. The summed E-state index contributed by atoms with van der Waals surface area (Å²) < 4.78 is 14.7. The molecule has 1 aromatic carbocycles. The number of hydrogen-bond donors (Lipinski definition) is 0. The van der Waals surface area contributed by atoms with E-state index in [-0.39, 0.29) is 5.82 Å². The Bertz CT molecular complexity index is 585. The molecule has 2 nitrogen and oxygen atoms in total. The molecule has 0 aliphatic heterocycles. The van der Waals surface area contributed by atoms with E-state index < -0.39 is 0 Å². The van der Waals surface area contributed by atoms with Crippen molar-refractivity contribution in [1.82, 2.24) is 9.97 Å². The first-order chi connectivity index (χ1) is 8.51. The van der Waals surface area contributed by atoms with E-state index in [1.54, 1.807) is 6.07 Å². The van der Waals surface area contributed by atoms with Gasteiger partial charge in [-0.1, -0.05) is 34.5 Å². The smallest absolute Gasteiger partial charge is 0.161 e. The lowest BCUT2D eigenvalue weighted by atomic mass is 10.2. The lowest BCUT2D eigenvalue weighted by Gasteiger charge is -2.07. The number of halogens is 4. The number of aromatic nitrogens is 2. The summed E-state index contributed by atoms with van der Waals surface area (Å²) in [4.78, 5) is 8.53. The highest BCUT2D eigenvalue weighted by Crippen LogP contribution is 2.28. The van der Waals surface area contributed by atoms with Crippen molar-refractivity contribution in [3.05, 3.63) is 43.8 Å². The maximum absolute atomic E-state index is 13.3. The zero-order chi connectivity index (χ0) is 13.3. The Hall–Kier alpha value is -0.520. The fraction of sp³-hybridized carbons (Fsp3) is 0.167. The SMILES string of the molecule is CCc1nc(-c2cc(F)cc(Br)c2)nc(Cl)c1Br. The topological polar surface area (TPSA) is 25.8 Å². The molecule has 1 aromatic heterocycles. The highest BCUT2D eigenvalue weighted by atomic mass is 79.9. The van der Waals surface area contributed by atoms with E-state index >= 15 is 0 Å². The number of hydrogen-bond acceptors (Lipinski definition) is 2. The third kappa shape index (κ3) is 2.90. The van der Waals surface area contributed by atoms with Gasteiger partial charge in [0.1, 0.15) is 11.0 Å². The summed E-state index contributed by atoms with van der Waals surface area (Å²) >= 11 is 12.6.